The smallest absolute Gasteiger partial charge is 0.321 e. The molecule has 0 aromatic heterocycles. The van der Waals surface area contributed by atoms with Crippen LogP contribution in [0.4, 0.5) is 16.2 Å². The number of nitrogens with one attached hydrogen (secondary N) is 1. The first-order valence-electron chi connectivity index (χ1n) is 8.17. The topological polar surface area (TPSA) is 35.6 Å². The van der Waals surface area contributed by atoms with Gasteiger partial charge in [-0.25, -0.2) is 4.79 Å². The number of urea groups is 1. The van der Waals surface area contributed by atoms with Crippen LogP contribution in [-0.4, -0.2) is 37.1 Å². The van der Waals surface area contributed by atoms with Gasteiger partial charge in [0.05, 0.1) is 0 Å². The summed E-state index contributed by atoms with van der Waals surface area (Å²) in [6.07, 6.45) is 0. The second-order valence-corrected chi connectivity index (χ2v) is 6.57. The van der Waals surface area contributed by atoms with E-state index >= 15 is 0 Å². The highest BCUT2D eigenvalue weighted by atomic mass is 35.5. The van der Waals surface area contributed by atoms with Crippen molar-refractivity contribution in [1.29, 1.82) is 0 Å². The molecule has 1 aliphatic rings. The fourth-order valence-electron chi connectivity index (χ4n) is 2.96. The van der Waals surface area contributed by atoms with Crippen LogP contribution in [0.5, 0.6) is 0 Å². The summed E-state index contributed by atoms with van der Waals surface area (Å²) in [5.74, 6) is 0. The quantitative estimate of drug-likeness (QED) is 0.881. The van der Waals surface area contributed by atoms with E-state index in [-0.39, 0.29) is 6.03 Å². The zero-order valence-electron chi connectivity index (χ0n) is 14.1. The number of anilines is 2. The van der Waals surface area contributed by atoms with Crippen molar-refractivity contribution in [2.24, 2.45) is 0 Å². The molecule has 4 nitrogen and oxygen atoms in total. The van der Waals surface area contributed by atoms with Gasteiger partial charge in [-0.3, -0.25) is 0 Å². The van der Waals surface area contributed by atoms with Crippen molar-refractivity contribution in [3.63, 3.8) is 0 Å². The molecule has 0 saturated carbocycles. The molecule has 2 aromatic carbocycles. The lowest BCUT2D eigenvalue weighted by Gasteiger charge is -2.37. The third kappa shape index (κ3) is 3.65. The molecule has 24 heavy (non-hydrogen) atoms. The Labute approximate surface area is 148 Å². The maximum atomic E-state index is 12.4. The third-order valence-electron chi connectivity index (χ3n) is 4.58. The average Bonchev–Trinajstić information content (AvgIpc) is 2.59. The predicted octanol–water partition coefficient (Wildman–Crippen LogP) is 4.31. The van der Waals surface area contributed by atoms with Crippen molar-refractivity contribution in [3.05, 3.63) is 58.6 Å². The van der Waals surface area contributed by atoms with Gasteiger partial charge in [0.1, 0.15) is 0 Å². The number of benzene rings is 2. The number of amides is 2. The summed E-state index contributed by atoms with van der Waals surface area (Å²) in [7, 11) is 0. The first kappa shape index (κ1) is 16.7. The lowest BCUT2D eigenvalue weighted by molar-refractivity contribution is 0.208. The Balaban J connectivity index is 1.59. The minimum atomic E-state index is -0.0575. The van der Waals surface area contributed by atoms with Gasteiger partial charge in [-0.2, -0.15) is 0 Å². The van der Waals surface area contributed by atoms with Crippen LogP contribution in [0.25, 0.3) is 0 Å². The highest BCUT2D eigenvalue weighted by Gasteiger charge is 2.22. The molecule has 126 valence electrons. The van der Waals surface area contributed by atoms with E-state index in [1.807, 2.05) is 17.0 Å². The standard InChI is InChI=1S/C19H22ClN3O/c1-14-4-3-5-18(15(14)2)22-10-12-23(13-11-22)19(24)21-17-8-6-16(20)7-9-17/h3-9H,10-13H2,1-2H3,(H,21,24). The molecule has 1 heterocycles. The molecule has 1 saturated heterocycles. The Morgan fingerprint density at radius 2 is 1.67 bits per heavy atom. The highest BCUT2D eigenvalue weighted by Crippen LogP contribution is 2.24. The number of hydrogen-bond acceptors (Lipinski definition) is 2. The first-order chi connectivity index (χ1) is 11.5. The number of halogens is 1. The lowest BCUT2D eigenvalue weighted by Crippen LogP contribution is -2.50. The van der Waals surface area contributed by atoms with Crippen LogP contribution >= 0.6 is 11.6 Å². The molecule has 1 aliphatic heterocycles. The fourth-order valence-corrected chi connectivity index (χ4v) is 3.09. The second-order valence-electron chi connectivity index (χ2n) is 6.13. The van der Waals surface area contributed by atoms with E-state index in [0.29, 0.717) is 18.1 Å². The first-order valence-corrected chi connectivity index (χ1v) is 8.55. The summed E-state index contributed by atoms with van der Waals surface area (Å²) in [5.41, 5.74) is 4.65. The average molecular weight is 344 g/mol. The number of hydrogen-bond donors (Lipinski definition) is 1. The number of rotatable bonds is 2. The molecule has 0 unspecified atom stereocenters. The van der Waals surface area contributed by atoms with E-state index in [9.17, 15) is 4.79 Å². The van der Waals surface area contributed by atoms with Crippen molar-refractivity contribution in [2.75, 3.05) is 36.4 Å². The highest BCUT2D eigenvalue weighted by molar-refractivity contribution is 6.30. The van der Waals surface area contributed by atoms with Crippen LogP contribution < -0.4 is 10.2 Å². The molecule has 5 heteroatoms. The van der Waals surface area contributed by atoms with Crippen LogP contribution in [0.1, 0.15) is 11.1 Å². The number of carbonyl (C=O) groups is 1. The van der Waals surface area contributed by atoms with Gasteiger partial charge in [-0.05, 0) is 55.3 Å². The van der Waals surface area contributed by atoms with Crippen LogP contribution in [-0.2, 0) is 0 Å². The van der Waals surface area contributed by atoms with Crippen LogP contribution in [0, 0.1) is 13.8 Å². The van der Waals surface area contributed by atoms with Crippen molar-refractivity contribution in [1.82, 2.24) is 4.90 Å². The second kappa shape index (κ2) is 7.14. The normalized spacial score (nSPS) is 14.6. The monoisotopic (exact) mass is 343 g/mol. The SMILES string of the molecule is Cc1cccc(N2CCN(C(=O)Nc3ccc(Cl)cc3)CC2)c1C. The minimum Gasteiger partial charge on any atom is -0.368 e. The fraction of sp³-hybridized carbons (Fsp3) is 0.316. The van der Waals surface area contributed by atoms with Crippen LogP contribution in [0.3, 0.4) is 0 Å². The Bertz CT molecular complexity index is 722. The summed E-state index contributed by atoms with van der Waals surface area (Å²) in [6, 6.07) is 13.5. The number of carbonyl (C=O) groups excluding carboxylic acids is 1. The maximum Gasteiger partial charge on any atom is 0.321 e. The summed E-state index contributed by atoms with van der Waals surface area (Å²) in [5, 5.41) is 3.59. The van der Waals surface area contributed by atoms with Crippen LogP contribution in [0.2, 0.25) is 5.02 Å². The van der Waals surface area contributed by atoms with Gasteiger partial charge in [0.25, 0.3) is 0 Å². The van der Waals surface area contributed by atoms with Gasteiger partial charge in [0, 0.05) is 42.6 Å². The van der Waals surface area contributed by atoms with Gasteiger partial charge >= 0.3 is 6.03 Å². The Kier molecular flexibility index (Phi) is 4.95. The lowest BCUT2D eigenvalue weighted by atomic mass is 10.1. The summed E-state index contributed by atoms with van der Waals surface area (Å²) in [4.78, 5) is 16.6. The molecule has 1 N–H and O–H groups in total. The third-order valence-corrected chi connectivity index (χ3v) is 4.83. The summed E-state index contributed by atoms with van der Waals surface area (Å²) in [6.45, 7) is 7.41. The summed E-state index contributed by atoms with van der Waals surface area (Å²) >= 11 is 5.87. The molecular formula is C19H22ClN3O. The van der Waals surface area contributed by atoms with E-state index < -0.39 is 0 Å². The van der Waals surface area contributed by atoms with E-state index in [1.165, 1.54) is 16.8 Å². The van der Waals surface area contributed by atoms with Gasteiger partial charge in [-0.1, -0.05) is 23.7 Å². The van der Waals surface area contributed by atoms with Gasteiger partial charge in [0.2, 0.25) is 0 Å². The number of aryl methyl sites for hydroxylation is 1. The maximum absolute atomic E-state index is 12.4. The van der Waals surface area contributed by atoms with E-state index in [0.717, 1.165) is 18.8 Å². The Morgan fingerprint density at radius 3 is 2.33 bits per heavy atom. The van der Waals surface area contributed by atoms with Gasteiger partial charge in [0.15, 0.2) is 0 Å². The largest absolute Gasteiger partial charge is 0.368 e. The van der Waals surface area contributed by atoms with Gasteiger partial charge in [-0.15, -0.1) is 0 Å². The molecule has 0 bridgehead atoms. The van der Waals surface area contributed by atoms with Crippen molar-refractivity contribution >= 4 is 29.0 Å². The minimum absolute atomic E-state index is 0.0575. The van der Waals surface area contributed by atoms with E-state index in [4.69, 9.17) is 11.6 Å². The van der Waals surface area contributed by atoms with E-state index in [1.54, 1.807) is 12.1 Å². The summed E-state index contributed by atoms with van der Waals surface area (Å²) < 4.78 is 0. The molecule has 2 aromatic rings. The molecule has 0 spiro atoms. The molecule has 1 fully saturated rings. The molecular weight excluding hydrogens is 322 g/mol. The molecule has 0 atom stereocenters. The molecule has 3 rings (SSSR count). The molecule has 0 radical (unpaired) electrons. The predicted molar refractivity (Wildman–Crippen MR) is 100 cm³/mol. The van der Waals surface area contributed by atoms with Crippen molar-refractivity contribution in [2.45, 2.75) is 13.8 Å². The van der Waals surface area contributed by atoms with Crippen LogP contribution in [0.15, 0.2) is 42.5 Å². The Morgan fingerprint density at radius 1 is 1.00 bits per heavy atom. The van der Waals surface area contributed by atoms with E-state index in [2.05, 4.69) is 42.3 Å². The van der Waals surface area contributed by atoms with Crippen molar-refractivity contribution in [3.8, 4) is 0 Å². The molecule has 2 amide bonds. The van der Waals surface area contributed by atoms with Gasteiger partial charge < -0.3 is 15.1 Å². The molecule has 0 aliphatic carbocycles. The zero-order valence-corrected chi connectivity index (χ0v) is 14.8. The number of piperazine rings is 1. The zero-order chi connectivity index (χ0) is 17.1. The van der Waals surface area contributed by atoms with Crippen molar-refractivity contribution < 1.29 is 4.79 Å². The Hall–Kier alpha value is -2.20. The number of nitrogens with zero attached hydrogens (tertiary/aromatic N) is 2.